The van der Waals surface area contributed by atoms with Gasteiger partial charge in [-0.1, -0.05) is 27.6 Å². The fourth-order valence-corrected chi connectivity index (χ4v) is 1.81. The minimum absolute atomic E-state index is 0.314. The summed E-state index contributed by atoms with van der Waals surface area (Å²) in [6.07, 6.45) is 0.852. The third-order valence-electron chi connectivity index (χ3n) is 2.38. The molecule has 0 saturated carbocycles. The predicted molar refractivity (Wildman–Crippen MR) is 74.9 cm³/mol. The van der Waals surface area contributed by atoms with Crippen LogP contribution in [0.2, 0.25) is 0 Å². The molecular formula is C13H17BrN2O2. The second-order valence-electron chi connectivity index (χ2n) is 4.04. The Morgan fingerprint density at radius 3 is 2.83 bits per heavy atom. The molecule has 0 spiro atoms. The maximum atomic E-state index is 11.3. The Labute approximate surface area is 115 Å². The van der Waals surface area contributed by atoms with Gasteiger partial charge in [0.15, 0.2) is 0 Å². The molecule has 5 heteroatoms. The molecule has 1 aromatic rings. The maximum Gasteiger partial charge on any atom is 0.265 e. The van der Waals surface area contributed by atoms with E-state index in [1.165, 1.54) is 0 Å². The van der Waals surface area contributed by atoms with Crippen molar-refractivity contribution in [3.63, 3.8) is 0 Å². The van der Waals surface area contributed by atoms with Crippen LogP contribution in [0.25, 0.3) is 0 Å². The monoisotopic (exact) mass is 312 g/mol. The van der Waals surface area contributed by atoms with E-state index in [0.29, 0.717) is 18.8 Å². The van der Waals surface area contributed by atoms with Crippen molar-refractivity contribution in [3.8, 4) is 0 Å². The Balaban J connectivity index is 2.57. The number of hydrazine groups is 1. The summed E-state index contributed by atoms with van der Waals surface area (Å²) in [6, 6.07) is 5.28. The second kappa shape index (κ2) is 7.31. The van der Waals surface area contributed by atoms with Crippen molar-refractivity contribution < 1.29 is 9.53 Å². The van der Waals surface area contributed by atoms with Crippen molar-refractivity contribution in [3.05, 3.63) is 46.0 Å². The summed E-state index contributed by atoms with van der Waals surface area (Å²) < 4.78 is 6.35. The Bertz CT molecular complexity index is 447. The Kier molecular flexibility index (Phi) is 6.04. The number of carbonyl (C=O) groups excluding carboxylic acids is 1. The lowest BCUT2D eigenvalue weighted by Crippen LogP contribution is -2.29. The zero-order valence-corrected chi connectivity index (χ0v) is 11.9. The van der Waals surface area contributed by atoms with E-state index in [9.17, 15) is 4.79 Å². The standard InChI is InChI=1S/C13H17BrN2O2/c1-9(2)5-6-18-8-11-4-3-10(7-12(11)14)13(17)16-15/h3-4,7H,1,5-6,8,15H2,2H3,(H,16,17). The first kappa shape index (κ1) is 14.9. The number of hydrogen-bond acceptors (Lipinski definition) is 3. The largest absolute Gasteiger partial charge is 0.376 e. The Hall–Kier alpha value is -1.17. The number of nitrogens with two attached hydrogens (primary N) is 1. The van der Waals surface area contributed by atoms with Crippen molar-refractivity contribution in [1.29, 1.82) is 0 Å². The van der Waals surface area contributed by atoms with E-state index in [2.05, 4.69) is 27.9 Å². The van der Waals surface area contributed by atoms with E-state index < -0.39 is 0 Å². The van der Waals surface area contributed by atoms with E-state index in [4.69, 9.17) is 10.6 Å². The van der Waals surface area contributed by atoms with Crippen LogP contribution in [0, 0.1) is 0 Å². The summed E-state index contributed by atoms with van der Waals surface area (Å²) in [4.78, 5) is 11.3. The molecule has 98 valence electrons. The van der Waals surface area contributed by atoms with Gasteiger partial charge in [-0.05, 0) is 31.0 Å². The van der Waals surface area contributed by atoms with Crippen LogP contribution >= 0.6 is 15.9 Å². The SMILES string of the molecule is C=C(C)CCOCc1ccc(C(=O)NN)cc1Br. The molecule has 18 heavy (non-hydrogen) atoms. The number of hydrogen-bond donors (Lipinski definition) is 2. The van der Waals surface area contributed by atoms with Crippen LogP contribution < -0.4 is 11.3 Å². The van der Waals surface area contributed by atoms with Gasteiger partial charge in [-0.2, -0.15) is 0 Å². The topological polar surface area (TPSA) is 64.3 Å². The molecule has 0 radical (unpaired) electrons. The minimum atomic E-state index is -0.314. The van der Waals surface area contributed by atoms with Gasteiger partial charge in [0.05, 0.1) is 13.2 Å². The molecule has 1 aromatic carbocycles. The van der Waals surface area contributed by atoms with Crippen LogP contribution in [0.15, 0.2) is 34.8 Å². The van der Waals surface area contributed by atoms with Gasteiger partial charge >= 0.3 is 0 Å². The Morgan fingerprint density at radius 1 is 1.56 bits per heavy atom. The number of benzene rings is 1. The van der Waals surface area contributed by atoms with Crippen LogP contribution in [-0.4, -0.2) is 12.5 Å². The van der Waals surface area contributed by atoms with Crippen LogP contribution in [-0.2, 0) is 11.3 Å². The highest BCUT2D eigenvalue weighted by Gasteiger charge is 2.07. The molecule has 0 heterocycles. The zero-order valence-electron chi connectivity index (χ0n) is 10.3. The van der Waals surface area contributed by atoms with E-state index in [-0.39, 0.29) is 5.91 Å². The number of nitrogens with one attached hydrogen (secondary N) is 1. The fraction of sp³-hybridized carbons (Fsp3) is 0.308. The highest BCUT2D eigenvalue weighted by Crippen LogP contribution is 2.19. The number of nitrogen functional groups attached to an aromatic ring is 1. The average Bonchev–Trinajstić information content (AvgIpc) is 2.34. The summed E-state index contributed by atoms with van der Waals surface area (Å²) in [6.45, 7) is 6.93. The van der Waals surface area contributed by atoms with Crippen LogP contribution in [0.1, 0.15) is 29.3 Å². The summed E-state index contributed by atoms with van der Waals surface area (Å²) in [5.74, 6) is 4.76. The van der Waals surface area contributed by atoms with E-state index in [0.717, 1.165) is 22.0 Å². The molecule has 0 aliphatic rings. The molecule has 0 atom stereocenters. The van der Waals surface area contributed by atoms with Gasteiger partial charge in [-0.15, -0.1) is 6.58 Å². The third kappa shape index (κ3) is 4.60. The third-order valence-corrected chi connectivity index (χ3v) is 3.12. The average molecular weight is 313 g/mol. The molecule has 1 amide bonds. The molecule has 0 unspecified atom stereocenters. The number of halogens is 1. The first-order chi connectivity index (χ1) is 8.54. The van der Waals surface area contributed by atoms with Crippen molar-refractivity contribution >= 4 is 21.8 Å². The Morgan fingerprint density at radius 2 is 2.28 bits per heavy atom. The van der Waals surface area contributed by atoms with E-state index >= 15 is 0 Å². The van der Waals surface area contributed by atoms with E-state index in [1.807, 2.05) is 13.0 Å². The van der Waals surface area contributed by atoms with Gasteiger partial charge in [0.25, 0.3) is 5.91 Å². The highest BCUT2D eigenvalue weighted by atomic mass is 79.9. The second-order valence-corrected chi connectivity index (χ2v) is 4.89. The first-order valence-electron chi connectivity index (χ1n) is 5.56. The lowest BCUT2D eigenvalue weighted by Gasteiger charge is -2.08. The van der Waals surface area contributed by atoms with Crippen molar-refractivity contribution in [1.82, 2.24) is 5.43 Å². The van der Waals surface area contributed by atoms with Crippen molar-refractivity contribution in [2.75, 3.05) is 6.61 Å². The van der Waals surface area contributed by atoms with Crippen LogP contribution in [0.3, 0.4) is 0 Å². The van der Waals surface area contributed by atoms with Gasteiger partial charge in [0.2, 0.25) is 0 Å². The number of amides is 1. The number of ether oxygens (including phenoxy) is 1. The van der Waals surface area contributed by atoms with Crippen LogP contribution in [0.5, 0.6) is 0 Å². The summed E-state index contributed by atoms with van der Waals surface area (Å²) in [5.41, 5.74) is 4.69. The van der Waals surface area contributed by atoms with Crippen molar-refractivity contribution in [2.45, 2.75) is 20.0 Å². The smallest absolute Gasteiger partial charge is 0.265 e. The van der Waals surface area contributed by atoms with Gasteiger partial charge in [-0.25, -0.2) is 5.84 Å². The van der Waals surface area contributed by atoms with Gasteiger partial charge in [0.1, 0.15) is 0 Å². The van der Waals surface area contributed by atoms with Gasteiger partial charge < -0.3 is 4.74 Å². The molecule has 0 aliphatic heterocycles. The number of carbonyl (C=O) groups is 1. The first-order valence-corrected chi connectivity index (χ1v) is 6.35. The van der Waals surface area contributed by atoms with Crippen LogP contribution in [0.4, 0.5) is 0 Å². The molecule has 0 fully saturated rings. The molecule has 0 aliphatic carbocycles. The fourth-order valence-electron chi connectivity index (χ4n) is 1.32. The zero-order chi connectivity index (χ0) is 13.5. The number of rotatable bonds is 6. The molecule has 4 nitrogen and oxygen atoms in total. The molecule has 3 N–H and O–H groups in total. The summed E-state index contributed by atoms with van der Waals surface area (Å²) in [7, 11) is 0. The normalized spacial score (nSPS) is 10.2. The van der Waals surface area contributed by atoms with Crippen molar-refractivity contribution in [2.24, 2.45) is 5.84 Å². The van der Waals surface area contributed by atoms with E-state index in [1.54, 1.807) is 12.1 Å². The summed E-state index contributed by atoms with van der Waals surface area (Å²) >= 11 is 3.41. The summed E-state index contributed by atoms with van der Waals surface area (Å²) in [5, 5.41) is 0. The molecule has 0 saturated heterocycles. The molecule has 1 rings (SSSR count). The minimum Gasteiger partial charge on any atom is -0.376 e. The maximum absolute atomic E-state index is 11.3. The predicted octanol–water partition coefficient (Wildman–Crippen LogP) is 2.54. The highest BCUT2D eigenvalue weighted by molar-refractivity contribution is 9.10. The lowest BCUT2D eigenvalue weighted by molar-refractivity contribution is 0.0953. The molecule has 0 bridgehead atoms. The molecule has 0 aromatic heterocycles. The van der Waals surface area contributed by atoms with Gasteiger partial charge in [0, 0.05) is 10.0 Å². The quantitative estimate of drug-likeness (QED) is 0.279. The lowest BCUT2D eigenvalue weighted by atomic mass is 10.1. The molecular weight excluding hydrogens is 296 g/mol. The van der Waals surface area contributed by atoms with Gasteiger partial charge in [-0.3, -0.25) is 10.2 Å².